The maximum absolute atomic E-state index is 10.3. The Morgan fingerprint density at radius 2 is 2.40 bits per heavy atom. The van der Waals surface area contributed by atoms with E-state index in [4.69, 9.17) is 0 Å². The molecule has 1 aromatic heterocycles. The minimum Gasteiger partial charge on any atom is -0.549 e. The molecule has 0 atom stereocenters. The molecular formula is C8H14N4O2S. The Morgan fingerprint density at radius 1 is 1.67 bits per heavy atom. The fraction of sp³-hybridized carbons (Fsp3) is 0.625. The molecule has 6 nitrogen and oxygen atoms in total. The van der Waals surface area contributed by atoms with Crippen LogP contribution in [0.5, 0.6) is 0 Å². The molecule has 0 aliphatic heterocycles. The minimum atomic E-state index is -1.09. The van der Waals surface area contributed by atoms with E-state index >= 15 is 0 Å². The topological polar surface area (TPSA) is 75.3 Å². The molecule has 0 unspecified atom stereocenters. The average molecular weight is 230 g/mol. The summed E-state index contributed by atoms with van der Waals surface area (Å²) in [6.07, 6.45) is 1.61. The second kappa shape index (κ2) is 5.72. The smallest absolute Gasteiger partial charge is 0.191 e. The van der Waals surface area contributed by atoms with Crippen LogP contribution < -0.4 is 10.0 Å². The van der Waals surface area contributed by atoms with Crippen LogP contribution in [0, 0.1) is 0 Å². The summed E-state index contributed by atoms with van der Waals surface area (Å²) in [7, 11) is 4.11. The van der Waals surface area contributed by atoms with E-state index in [0.29, 0.717) is 5.16 Å². The van der Waals surface area contributed by atoms with Crippen molar-refractivity contribution in [3.8, 4) is 0 Å². The Labute approximate surface area is 92.3 Å². The van der Waals surface area contributed by atoms with E-state index in [-0.39, 0.29) is 5.75 Å². The molecule has 0 fully saturated rings. The summed E-state index contributed by atoms with van der Waals surface area (Å²) >= 11 is 1.13. The number of carboxylic acid groups (broad SMARTS) is 1. The molecule has 1 heterocycles. The largest absolute Gasteiger partial charge is 0.549 e. The number of aliphatic carboxylic acids is 1. The fourth-order valence-electron chi connectivity index (χ4n) is 0.977. The summed E-state index contributed by atoms with van der Waals surface area (Å²) in [5.41, 5.74) is 0. The number of thioether (sulfide) groups is 1. The Morgan fingerprint density at radius 3 is 3.00 bits per heavy atom. The number of carbonyl (C=O) groups is 1. The molecule has 0 radical (unpaired) electrons. The monoisotopic (exact) mass is 230 g/mol. The van der Waals surface area contributed by atoms with Gasteiger partial charge in [0, 0.05) is 5.75 Å². The van der Waals surface area contributed by atoms with Crippen LogP contribution in [0.1, 0.15) is 0 Å². The van der Waals surface area contributed by atoms with Crippen molar-refractivity contribution in [2.45, 2.75) is 11.7 Å². The highest BCUT2D eigenvalue weighted by molar-refractivity contribution is 7.99. The van der Waals surface area contributed by atoms with E-state index in [1.54, 1.807) is 6.33 Å². The lowest BCUT2D eigenvalue weighted by atomic mass is 10.6. The Balaban J connectivity index is 2.49. The quantitative estimate of drug-likeness (QED) is 0.537. The molecule has 0 aliphatic carbocycles. The first-order valence-corrected chi connectivity index (χ1v) is 5.57. The van der Waals surface area contributed by atoms with E-state index in [2.05, 4.69) is 24.3 Å². The molecule has 0 saturated carbocycles. The van der Waals surface area contributed by atoms with Gasteiger partial charge in [-0.25, -0.2) is 0 Å². The van der Waals surface area contributed by atoms with Crippen LogP contribution in [0.25, 0.3) is 0 Å². The van der Waals surface area contributed by atoms with Gasteiger partial charge in [-0.05, 0) is 0 Å². The summed E-state index contributed by atoms with van der Waals surface area (Å²) in [5, 5.41) is 18.5. The van der Waals surface area contributed by atoms with Crippen LogP contribution in [-0.2, 0) is 11.3 Å². The Hall–Kier alpha value is -1.08. The highest BCUT2D eigenvalue weighted by Crippen LogP contribution is 2.12. The van der Waals surface area contributed by atoms with Crippen molar-refractivity contribution in [2.24, 2.45) is 0 Å². The standard InChI is InChI=1S/C8H14N4O2S/c1-11(2)3-4-12-6-9-10-8(12)15-5-7(13)14/h6H,3-5H2,1-2H3,(H,13,14). The lowest BCUT2D eigenvalue weighted by molar-refractivity contribution is -0.859. The van der Waals surface area contributed by atoms with Gasteiger partial charge >= 0.3 is 0 Å². The number of carbonyl (C=O) groups excluding carboxylic acids is 1. The number of quaternary nitrogens is 1. The lowest BCUT2D eigenvalue weighted by Crippen LogP contribution is -3.06. The van der Waals surface area contributed by atoms with Gasteiger partial charge in [-0.2, -0.15) is 0 Å². The molecule has 0 bridgehead atoms. The van der Waals surface area contributed by atoms with Gasteiger partial charge in [0.25, 0.3) is 0 Å². The van der Waals surface area contributed by atoms with Crippen molar-refractivity contribution in [1.82, 2.24) is 14.8 Å². The van der Waals surface area contributed by atoms with Crippen LogP contribution in [0.3, 0.4) is 0 Å². The average Bonchev–Trinajstić information content (AvgIpc) is 2.58. The summed E-state index contributed by atoms with van der Waals surface area (Å²) in [5.74, 6) is -1.18. The van der Waals surface area contributed by atoms with Gasteiger partial charge in [-0.15, -0.1) is 10.2 Å². The summed E-state index contributed by atoms with van der Waals surface area (Å²) in [6.45, 7) is 1.72. The Bertz CT molecular complexity index is 326. The SMILES string of the molecule is C[NH+](C)CCn1cnnc1SCC(=O)[O-]. The number of nitrogens with one attached hydrogen (secondary N) is 1. The van der Waals surface area contributed by atoms with Crippen LogP contribution in [-0.4, -0.2) is 47.1 Å². The third kappa shape index (κ3) is 4.30. The summed E-state index contributed by atoms with van der Waals surface area (Å²) in [6, 6.07) is 0. The highest BCUT2D eigenvalue weighted by Gasteiger charge is 2.05. The van der Waals surface area contributed by atoms with Gasteiger partial charge in [0.1, 0.15) is 6.33 Å². The fourth-order valence-corrected chi connectivity index (χ4v) is 1.63. The molecular weight excluding hydrogens is 216 g/mol. The molecule has 1 rings (SSSR count). The molecule has 7 heteroatoms. The maximum Gasteiger partial charge on any atom is 0.191 e. The summed E-state index contributed by atoms with van der Waals surface area (Å²) in [4.78, 5) is 11.6. The van der Waals surface area contributed by atoms with Crippen LogP contribution in [0.2, 0.25) is 0 Å². The number of likely N-dealkylation sites (N-methyl/N-ethyl adjacent to an activating group) is 1. The zero-order valence-corrected chi connectivity index (χ0v) is 9.58. The number of aromatic nitrogens is 3. The van der Waals surface area contributed by atoms with Gasteiger partial charge in [-0.1, -0.05) is 11.8 Å². The van der Waals surface area contributed by atoms with Crippen molar-refractivity contribution in [1.29, 1.82) is 0 Å². The normalized spacial score (nSPS) is 10.9. The van der Waals surface area contributed by atoms with Gasteiger partial charge in [0.15, 0.2) is 5.16 Å². The summed E-state index contributed by atoms with van der Waals surface area (Å²) < 4.78 is 1.85. The number of nitrogens with zero attached hydrogens (tertiary/aromatic N) is 3. The van der Waals surface area contributed by atoms with E-state index < -0.39 is 5.97 Å². The van der Waals surface area contributed by atoms with Crippen molar-refractivity contribution in [3.05, 3.63) is 6.33 Å². The van der Waals surface area contributed by atoms with Crippen LogP contribution >= 0.6 is 11.8 Å². The van der Waals surface area contributed by atoms with Gasteiger partial charge in [0.05, 0.1) is 33.2 Å². The third-order valence-corrected chi connectivity index (χ3v) is 2.71. The number of hydrogen-bond acceptors (Lipinski definition) is 5. The number of hydrogen-bond donors (Lipinski definition) is 1. The second-order valence-electron chi connectivity index (χ2n) is 3.42. The van der Waals surface area contributed by atoms with E-state index in [1.165, 1.54) is 4.90 Å². The predicted molar refractivity (Wildman–Crippen MR) is 53.4 cm³/mol. The van der Waals surface area contributed by atoms with Crippen molar-refractivity contribution >= 4 is 17.7 Å². The van der Waals surface area contributed by atoms with Crippen molar-refractivity contribution < 1.29 is 14.8 Å². The van der Waals surface area contributed by atoms with Gasteiger partial charge in [0.2, 0.25) is 0 Å². The zero-order chi connectivity index (χ0) is 11.3. The molecule has 0 amide bonds. The molecule has 0 saturated heterocycles. The van der Waals surface area contributed by atoms with Crippen LogP contribution in [0.15, 0.2) is 11.5 Å². The van der Waals surface area contributed by atoms with Crippen molar-refractivity contribution in [2.75, 3.05) is 26.4 Å². The first-order valence-electron chi connectivity index (χ1n) is 4.59. The highest BCUT2D eigenvalue weighted by atomic mass is 32.2. The third-order valence-electron chi connectivity index (χ3n) is 1.75. The first kappa shape index (κ1) is 12.0. The second-order valence-corrected chi connectivity index (χ2v) is 4.37. The van der Waals surface area contributed by atoms with Gasteiger partial charge < -0.3 is 19.4 Å². The molecule has 0 aromatic carbocycles. The van der Waals surface area contributed by atoms with E-state index in [1.807, 2.05) is 4.57 Å². The predicted octanol–water partition coefficient (Wildman–Crippen LogP) is -2.74. The first-order chi connectivity index (χ1) is 7.09. The molecule has 1 aromatic rings. The van der Waals surface area contributed by atoms with Crippen molar-refractivity contribution in [3.63, 3.8) is 0 Å². The molecule has 1 N–H and O–H groups in total. The number of carboxylic acids is 1. The zero-order valence-electron chi connectivity index (χ0n) is 8.77. The maximum atomic E-state index is 10.3. The molecule has 84 valence electrons. The van der Waals surface area contributed by atoms with E-state index in [0.717, 1.165) is 24.9 Å². The number of rotatable bonds is 6. The molecule has 0 spiro atoms. The molecule has 0 aliphatic rings. The van der Waals surface area contributed by atoms with Gasteiger partial charge in [-0.3, -0.25) is 0 Å². The minimum absolute atomic E-state index is 0.0898. The lowest BCUT2D eigenvalue weighted by Gasteiger charge is -2.09. The molecule has 15 heavy (non-hydrogen) atoms. The van der Waals surface area contributed by atoms with Crippen LogP contribution in [0.4, 0.5) is 0 Å². The Kier molecular flexibility index (Phi) is 4.57. The van der Waals surface area contributed by atoms with E-state index in [9.17, 15) is 9.90 Å².